The van der Waals surface area contributed by atoms with Gasteiger partial charge in [-0.25, -0.2) is 9.97 Å². The van der Waals surface area contributed by atoms with Crippen molar-refractivity contribution in [1.82, 2.24) is 15.0 Å². The molecule has 0 spiro atoms. The fourth-order valence-corrected chi connectivity index (χ4v) is 3.06. The van der Waals surface area contributed by atoms with Gasteiger partial charge in [0.2, 0.25) is 0 Å². The molecule has 0 N–H and O–H groups in total. The minimum absolute atomic E-state index is 0.697. The van der Waals surface area contributed by atoms with Gasteiger partial charge in [0.25, 0.3) is 0 Å². The van der Waals surface area contributed by atoms with Crippen molar-refractivity contribution < 1.29 is 9.47 Å². The normalized spacial score (nSPS) is 10.7. The maximum Gasteiger partial charge on any atom is 0.148 e. The number of rotatable bonds is 5. The lowest BCUT2D eigenvalue weighted by Gasteiger charge is -2.10. The number of hydrogen-bond donors (Lipinski definition) is 0. The predicted molar refractivity (Wildman–Crippen MR) is 97.0 cm³/mol. The number of methoxy groups -OCH3 is 2. The zero-order valence-electron chi connectivity index (χ0n) is 12.9. The van der Waals surface area contributed by atoms with Crippen molar-refractivity contribution >= 4 is 33.5 Å². The number of pyridine rings is 1. The highest BCUT2D eigenvalue weighted by Gasteiger charge is 2.12. The first-order chi connectivity index (χ1) is 11.2. The van der Waals surface area contributed by atoms with Crippen molar-refractivity contribution in [3.63, 3.8) is 0 Å². The molecule has 3 aromatic rings. The number of aromatic nitrogens is 3. The van der Waals surface area contributed by atoms with Crippen LogP contribution >= 0.6 is 22.6 Å². The maximum absolute atomic E-state index is 5.46. The molecule has 23 heavy (non-hydrogen) atoms. The van der Waals surface area contributed by atoms with E-state index < -0.39 is 0 Å². The van der Waals surface area contributed by atoms with Gasteiger partial charge in [-0.2, -0.15) is 0 Å². The van der Waals surface area contributed by atoms with Crippen LogP contribution in [0.4, 0.5) is 0 Å². The van der Waals surface area contributed by atoms with Gasteiger partial charge in [-0.15, -0.1) is 0 Å². The molecule has 0 aliphatic carbocycles. The molecule has 0 unspecified atom stereocenters. The summed E-state index contributed by atoms with van der Waals surface area (Å²) in [5.41, 5.74) is 1.99. The molecule has 0 amide bonds. The number of fused-ring (bicyclic) bond motifs is 1. The first kappa shape index (κ1) is 15.9. The Morgan fingerprint density at radius 1 is 1.09 bits per heavy atom. The second-order valence-electron chi connectivity index (χ2n) is 5.02. The number of nitrogens with zero attached hydrogens (tertiary/aromatic N) is 3. The Morgan fingerprint density at radius 3 is 2.65 bits per heavy atom. The van der Waals surface area contributed by atoms with Crippen LogP contribution in [0.25, 0.3) is 10.9 Å². The molecule has 0 aliphatic rings. The number of benzene rings is 1. The van der Waals surface area contributed by atoms with Gasteiger partial charge < -0.3 is 9.47 Å². The van der Waals surface area contributed by atoms with Crippen molar-refractivity contribution in [2.24, 2.45) is 0 Å². The van der Waals surface area contributed by atoms with Crippen LogP contribution in [0.15, 0.2) is 36.7 Å². The van der Waals surface area contributed by atoms with Crippen molar-refractivity contribution in [3.05, 3.63) is 51.7 Å². The minimum Gasteiger partial charge on any atom is -0.497 e. The van der Waals surface area contributed by atoms with E-state index in [1.807, 2.05) is 24.4 Å². The first-order valence-electron chi connectivity index (χ1n) is 7.18. The van der Waals surface area contributed by atoms with Gasteiger partial charge in [-0.1, -0.05) is 6.07 Å². The van der Waals surface area contributed by atoms with Crippen LogP contribution in [-0.4, -0.2) is 29.2 Å². The van der Waals surface area contributed by atoms with E-state index in [1.54, 1.807) is 20.4 Å². The summed E-state index contributed by atoms with van der Waals surface area (Å²) in [4.78, 5) is 13.4. The summed E-state index contributed by atoms with van der Waals surface area (Å²) < 4.78 is 11.7. The third kappa shape index (κ3) is 3.52. The molecule has 0 saturated heterocycles. The summed E-state index contributed by atoms with van der Waals surface area (Å²) in [6.45, 7) is 0. The van der Waals surface area contributed by atoms with E-state index in [9.17, 15) is 0 Å². The highest BCUT2D eigenvalue weighted by Crippen LogP contribution is 2.31. The van der Waals surface area contributed by atoms with E-state index in [1.165, 1.54) is 5.56 Å². The zero-order valence-corrected chi connectivity index (χ0v) is 15.1. The van der Waals surface area contributed by atoms with Crippen molar-refractivity contribution in [2.45, 2.75) is 12.8 Å². The largest absolute Gasteiger partial charge is 0.497 e. The molecule has 0 fully saturated rings. The molecule has 5 nitrogen and oxygen atoms in total. The molecule has 2 aromatic heterocycles. The Morgan fingerprint density at radius 2 is 1.96 bits per heavy atom. The van der Waals surface area contributed by atoms with E-state index in [-0.39, 0.29) is 0 Å². The number of aryl methyl sites for hydroxylation is 2. The van der Waals surface area contributed by atoms with Crippen molar-refractivity contribution in [1.29, 1.82) is 0 Å². The van der Waals surface area contributed by atoms with E-state index in [0.29, 0.717) is 5.75 Å². The standard InChI is InChI=1S/C17H16IN3O2/c1-22-12-8-13-16(14(9-12)23-2)20-15(21-17(13)18)6-5-11-4-3-7-19-10-11/h3-4,7-10H,5-6H2,1-2H3. The monoisotopic (exact) mass is 421 g/mol. The van der Waals surface area contributed by atoms with Crippen LogP contribution < -0.4 is 9.47 Å². The lowest BCUT2D eigenvalue weighted by molar-refractivity contribution is 0.397. The number of hydrogen-bond acceptors (Lipinski definition) is 5. The van der Waals surface area contributed by atoms with Crippen molar-refractivity contribution in [2.75, 3.05) is 14.2 Å². The Hall–Kier alpha value is -1.96. The molecule has 6 heteroatoms. The number of ether oxygens (including phenoxy) is 2. The second-order valence-corrected chi connectivity index (χ2v) is 6.04. The molecule has 0 saturated carbocycles. The van der Waals surface area contributed by atoms with E-state index in [2.05, 4.69) is 43.6 Å². The molecule has 0 radical (unpaired) electrons. The van der Waals surface area contributed by atoms with Gasteiger partial charge in [0.1, 0.15) is 26.5 Å². The lowest BCUT2D eigenvalue weighted by atomic mass is 10.1. The highest BCUT2D eigenvalue weighted by molar-refractivity contribution is 14.1. The van der Waals surface area contributed by atoms with Crippen molar-refractivity contribution in [3.8, 4) is 11.5 Å². The summed E-state index contributed by atoms with van der Waals surface area (Å²) in [7, 11) is 3.27. The molecular weight excluding hydrogens is 405 g/mol. The van der Waals surface area contributed by atoms with Crippen LogP contribution in [0.1, 0.15) is 11.4 Å². The topological polar surface area (TPSA) is 57.1 Å². The maximum atomic E-state index is 5.46. The van der Waals surface area contributed by atoms with Crippen LogP contribution in [-0.2, 0) is 12.8 Å². The second kappa shape index (κ2) is 7.08. The first-order valence-corrected chi connectivity index (χ1v) is 8.26. The Kier molecular flexibility index (Phi) is 4.90. The summed E-state index contributed by atoms with van der Waals surface area (Å²) in [5, 5.41) is 0.937. The summed E-state index contributed by atoms with van der Waals surface area (Å²) in [5.74, 6) is 2.23. The number of halogens is 1. The fraction of sp³-hybridized carbons (Fsp3) is 0.235. The Balaban J connectivity index is 1.96. The molecule has 0 bridgehead atoms. The van der Waals surface area contributed by atoms with Crippen LogP contribution in [0.3, 0.4) is 0 Å². The molecule has 1 aromatic carbocycles. The third-order valence-corrected chi connectivity index (χ3v) is 4.38. The zero-order chi connectivity index (χ0) is 16.2. The SMILES string of the molecule is COc1cc(OC)c2nc(CCc3cccnc3)nc(I)c2c1. The van der Waals surface area contributed by atoms with Gasteiger partial charge in [0, 0.05) is 30.3 Å². The van der Waals surface area contributed by atoms with Crippen LogP contribution in [0.2, 0.25) is 0 Å². The molecule has 0 aliphatic heterocycles. The van der Waals surface area contributed by atoms with Gasteiger partial charge >= 0.3 is 0 Å². The van der Waals surface area contributed by atoms with E-state index >= 15 is 0 Å². The van der Waals surface area contributed by atoms with E-state index in [4.69, 9.17) is 9.47 Å². The van der Waals surface area contributed by atoms with Gasteiger partial charge in [-0.05, 0) is 46.7 Å². The third-order valence-electron chi connectivity index (χ3n) is 3.55. The molecule has 0 atom stereocenters. The van der Waals surface area contributed by atoms with Gasteiger partial charge in [-0.3, -0.25) is 4.98 Å². The van der Waals surface area contributed by atoms with Crippen LogP contribution in [0, 0.1) is 3.70 Å². The lowest BCUT2D eigenvalue weighted by Crippen LogP contribution is -2.02. The fourth-order valence-electron chi connectivity index (χ4n) is 2.37. The van der Waals surface area contributed by atoms with Gasteiger partial charge in [0.05, 0.1) is 14.2 Å². The predicted octanol–water partition coefficient (Wildman–Crippen LogP) is 3.43. The minimum atomic E-state index is 0.697. The van der Waals surface area contributed by atoms with E-state index in [0.717, 1.165) is 39.0 Å². The molecular formula is C17H16IN3O2. The van der Waals surface area contributed by atoms with Gasteiger partial charge in [0.15, 0.2) is 0 Å². The molecule has 3 rings (SSSR count). The Bertz CT molecular complexity index is 825. The summed E-state index contributed by atoms with van der Waals surface area (Å²) in [6.07, 6.45) is 5.26. The smallest absolute Gasteiger partial charge is 0.148 e. The quantitative estimate of drug-likeness (QED) is 0.467. The molecule has 118 valence electrons. The molecule has 2 heterocycles. The average Bonchev–Trinajstić information content (AvgIpc) is 2.60. The van der Waals surface area contributed by atoms with Crippen LogP contribution in [0.5, 0.6) is 11.5 Å². The summed E-state index contributed by atoms with van der Waals surface area (Å²) in [6, 6.07) is 7.78. The average molecular weight is 421 g/mol. The Labute approximate surface area is 148 Å². The summed E-state index contributed by atoms with van der Waals surface area (Å²) >= 11 is 2.23. The highest BCUT2D eigenvalue weighted by atomic mass is 127.